The molecule has 4 nitrogen and oxygen atoms in total. The van der Waals surface area contributed by atoms with E-state index in [4.69, 9.17) is 9.05 Å². The smallest absolute Gasteiger partial charge is 0.395 e. The van der Waals surface area contributed by atoms with Crippen molar-refractivity contribution in [3.05, 3.63) is 58.7 Å². The molecule has 0 aromatic heterocycles. The van der Waals surface area contributed by atoms with E-state index in [0.29, 0.717) is 11.5 Å². The lowest BCUT2D eigenvalue weighted by atomic mass is 9.81. The van der Waals surface area contributed by atoms with E-state index in [9.17, 15) is 9.46 Å². The Kier molecular flexibility index (Phi) is 4.73. The van der Waals surface area contributed by atoms with Crippen LogP contribution in [0.2, 0.25) is 0 Å². The molecule has 0 radical (unpaired) electrons. The Bertz CT molecular complexity index is 847. The fourth-order valence-electron chi connectivity index (χ4n) is 3.31. The molecule has 0 fully saturated rings. The van der Waals surface area contributed by atoms with Gasteiger partial charge < -0.3 is 9.05 Å². The van der Waals surface area contributed by atoms with Crippen molar-refractivity contribution in [2.75, 3.05) is 0 Å². The van der Waals surface area contributed by atoms with Crippen LogP contribution in [0.4, 0.5) is 0 Å². The number of benzene rings is 2. The molecule has 2 aromatic rings. The minimum atomic E-state index is -4.26. The lowest BCUT2D eigenvalue weighted by Crippen LogP contribution is -2.16. The highest BCUT2D eigenvalue weighted by Crippen LogP contribution is 2.52. The minimum Gasteiger partial charge on any atom is -0.395 e. The Hall–Kier alpha value is -1.77. The maximum absolute atomic E-state index is 12.5. The van der Waals surface area contributed by atoms with Gasteiger partial charge in [0.05, 0.1) is 0 Å². The molecule has 0 saturated carbocycles. The predicted octanol–water partition coefficient (Wildman–Crippen LogP) is 6.31. The van der Waals surface area contributed by atoms with Crippen molar-refractivity contribution in [3.8, 4) is 11.5 Å². The topological polar surface area (TPSA) is 55.8 Å². The minimum absolute atomic E-state index is 0.0351. The first-order valence-electron chi connectivity index (χ1n) is 9.29. The number of phosphoric acid groups is 1. The van der Waals surface area contributed by atoms with Crippen LogP contribution in [0.25, 0.3) is 0 Å². The molecular formula is C22H29O4P. The highest BCUT2D eigenvalue weighted by atomic mass is 31.2. The quantitative estimate of drug-likeness (QED) is 0.538. The number of hydrogen-bond acceptors (Lipinski definition) is 3. The van der Waals surface area contributed by atoms with E-state index in [0.717, 1.165) is 22.3 Å². The average Bonchev–Trinajstić information content (AvgIpc) is 2.51. The Balaban J connectivity index is 2.24. The second-order valence-corrected chi connectivity index (χ2v) is 10.7. The van der Waals surface area contributed by atoms with E-state index in [1.165, 1.54) is 0 Å². The van der Waals surface area contributed by atoms with Crippen LogP contribution in [-0.2, 0) is 15.4 Å². The van der Waals surface area contributed by atoms with Gasteiger partial charge in [-0.3, -0.25) is 4.89 Å². The van der Waals surface area contributed by atoms with Crippen molar-refractivity contribution in [2.45, 2.75) is 65.2 Å². The van der Waals surface area contributed by atoms with Gasteiger partial charge >= 0.3 is 7.82 Å². The van der Waals surface area contributed by atoms with Gasteiger partial charge in [-0.25, -0.2) is 4.57 Å². The van der Waals surface area contributed by atoms with Crippen molar-refractivity contribution in [1.82, 2.24) is 0 Å². The van der Waals surface area contributed by atoms with Crippen molar-refractivity contribution >= 4 is 7.82 Å². The van der Waals surface area contributed by atoms with Gasteiger partial charge in [-0.2, -0.15) is 0 Å². The van der Waals surface area contributed by atoms with Gasteiger partial charge in [0.1, 0.15) is 11.5 Å². The summed E-state index contributed by atoms with van der Waals surface area (Å²) in [5.41, 5.74) is 4.03. The summed E-state index contributed by atoms with van der Waals surface area (Å²) in [5.74, 6) is 0.751. The molecule has 0 spiro atoms. The highest BCUT2D eigenvalue weighted by Gasteiger charge is 2.34. The summed E-state index contributed by atoms with van der Waals surface area (Å²) < 4.78 is 23.3. The van der Waals surface area contributed by atoms with E-state index >= 15 is 0 Å². The second-order valence-electron chi connectivity index (χ2n) is 9.38. The van der Waals surface area contributed by atoms with E-state index in [1.807, 2.05) is 12.1 Å². The molecule has 1 aliphatic rings. The SMILES string of the molecule is CC1c2cc(C(C)(C)C)ccc2OP(=O)(O)Oc2ccc(C(C)(C)C)cc21. The van der Waals surface area contributed by atoms with Crippen LogP contribution in [0.3, 0.4) is 0 Å². The second kappa shape index (κ2) is 6.39. The Morgan fingerprint density at radius 1 is 0.815 bits per heavy atom. The Morgan fingerprint density at radius 3 is 1.52 bits per heavy atom. The number of rotatable bonds is 0. The standard InChI is InChI=1S/C22H29O4P/c1-14-17-12-15(21(2,3)4)8-10-19(17)25-27(23,24)26-20-11-9-16(13-18(14)20)22(5,6)7/h8-14H,1-7H3,(H,23,24). The molecule has 0 amide bonds. The largest absolute Gasteiger partial charge is 0.584 e. The van der Waals surface area contributed by atoms with Crippen LogP contribution in [-0.4, -0.2) is 4.89 Å². The molecule has 0 bridgehead atoms. The molecule has 0 unspecified atom stereocenters. The first-order chi connectivity index (χ1) is 12.3. The lowest BCUT2D eigenvalue weighted by Gasteiger charge is -2.29. The van der Waals surface area contributed by atoms with E-state index in [1.54, 1.807) is 12.1 Å². The summed E-state index contributed by atoms with van der Waals surface area (Å²) >= 11 is 0. The van der Waals surface area contributed by atoms with Crippen LogP contribution < -0.4 is 9.05 Å². The van der Waals surface area contributed by atoms with Gasteiger partial charge in [-0.05, 0) is 34.1 Å². The molecule has 3 rings (SSSR count). The fraction of sp³-hybridized carbons (Fsp3) is 0.455. The van der Waals surface area contributed by atoms with E-state index in [-0.39, 0.29) is 16.7 Å². The average molecular weight is 388 g/mol. The summed E-state index contributed by atoms with van der Waals surface area (Å²) in [6, 6.07) is 11.6. The molecule has 1 heterocycles. The fourth-order valence-corrected chi connectivity index (χ4v) is 4.17. The monoisotopic (exact) mass is 388 g/mol. The molecule has 5 heteroatoms. The van der Waals surface area contributed by atoms with E-state index < -0.39 is 7.82 Å². The molecule has 0 saturated heterocycles. The molecule has 0 atom stereocenters. The summed E-state index contributed by atoms with van der Waals surface area (Å²) in [5, 5.41) is 0. The summed E-state index contributed by atoms with van der Waals surface area (Å²) in [6.45, 7) is 15.0. The number of hydrogen-bond donors (Lipinski definition) is 1. The Labute approximate surface area is 162 Å². The molecule has 1 N–H and O–H groups in total. The maximum atomic E-state index is 12.5. The number of fused-ring (bicyclic) bond motifs is 2. The lowest BCUT2D eigenvalue weighted by molar-refractivity contribution is 0.285. The molecule has 27 heavy (non-hydrogen) atoms. The summed E-state index contributed by atoms with van der Waals surface area (Å²) in [6.07, 6.45) is 0. The third kappa shape index (κ3) is 4.07. The van der Waals surface area contributed by atoms with Crippen LogP contribution in [0, 0.1) is 0 Å². The molecule has 0 aliphatic carbocycles. The van der Waals surface area contributed by atoms with Crippen molar-refractivity contribution in [3.63, 3.8) is 0 Å². The normalized spacial score (nSPS) is 22.6. The first kappa shape index (κ1) is 20.0. The molecular weight excluding hydrogens is 359 g/mol. The zero-order valence-electron chi connectivity index (χ0n) is 17.2. The third-order valence-corrected chi connectivity index (χ3v) is 5.97. The van der Waals surface area contributed by atoms with Crippen molar-refractivity contribution in [2.24, 2.45) is 0 Å². The summed E-state index contributed by atoms with van der Waals surface area (Å²) in [7, 11) is -4.26. The number of phosphoric ester groups is 1. The van der Waals surface area contributed by atoms with Gasteiger partial charge in [0.2, 0.25) is 0 Å². The predicted molar refractivity (Wildman–Crippen MR) is 109 cm³/mol. The van der Waals surface area contributed by atoms with Crippen molar-refractivity contribution < 1.29 is 18.5 Å². The van der Waals surface area contributed by atoms with Crippen LogP contribution in [0.15, 0.2) is 36.4 Å². The van der Waals surface area contributed by atoms with Crippen LogP contribution in [0.5, 0.6) is 11.5 Å². The van der Waals surface area contributed by atoms with Crippen LogP contribution >= 0.6 is 7.82 Å². The van der Waals surface area contributed by atoms with Gasteiger partial charge in [0, 0.05) is 17.0 Å². The van der Waals surface area contributed by atoms with Gasteiger partial charge in [0.25, 0.3) is 0 Å². The molecule has 2 aromatic carbocycles. The third-order valence-electron chi connectivity index (χ3n) is 5.11. The Morgan fingerprint density at radius 2 is 1.19 bits per heavy atom. The maximum Gasteiger partial charge on any atom is 0.584 e. The van der Waals surface area contributed by atoms with Crippen LogP contribution in [0.1, 0.15) is 76.6 Å². The van der Waals surface area contributed by atoms with E-state index in [2.05, 4.69) is 60.6 Å². The molecule has 1 aliphatic heterocycles. The van der Waals surface area contributed by atoms with Gasteiger partial charge in [-0.1, -0.05) is 72.7 Å². The van der Waals surface area contributed by atoms with Crippen molar-refractivity contribution in [1.29, 1.82) is 0 Å². The van der Waals surface area contributed by atoms with Gasteiger partial charge in [-0.15, -0.1) is 0 Å². The zero-order chi connectivity index (χ0) is 20.2. The molecule has 146 valence electrons. The summed E-state index contributed by atoms with van der Waals surface area (Å²) in [4.78, 5) is 10.2. The van der Waals surface area contributed by atoms with Gasteiger partial charge in [0.15, 0.2) is 0 Å². The zero-order valence-corrected chi connectivity index (χ0v) is 18.1. The highest BCUT2D eigenvalue weighted by molar-refractivity contribution is 7.48. The first-order valence-corrected chi connectivity index (χ1v) is 10.8.